The molecule has 5 heteroatoms. The first-order valence-electron chi connectivity index (χ1n) is 9.34. The molecule has 1 saturated carbocycles. The van der Waals surface area contributed by atoms with E-state index in [1.165, 1.54) is 12.6 Å². The van der Waals surface area contributed by atoms with Gasteiger partial charge >= 0.3 is 0 Å². The van der Waals surface area contributed by atoms with Crippen molar-refractivity contribution in [3.63, 3.8) is 0 Å². The molecule has 0 bridgehead atoms. The molecule has 5 nitrogen and oxygen atoms in total. The van der Waals surface area contributed by atoms with Crippen molar-refractivity contribution in [1.82, 2.24) is 5.32 Å². The number of rotatable bonds is 6. The highest BCUT2D eigenvalue weighted by atomic mass is 16.1. The van der Waals surface area contributed by atoms with Crippen molar-refractivity contribution in [3.8, 4) is 6.07 Å². The molecule has 1 amide bonds. The van der Waals surface area contributed by atoms with Gasteiger partial charge in [0, 0.05) is 29.3 Å². The minimum atomic E-state index is -0.306. The van der Waals surface area contributed by atoms with Gasteiger partial charge in [-0.25, -0.2) is 0 Å². The monoisotopic (exact) mass is 360 g/mol. The highest BCUT2D eigenvalue weighted by Crippen LogP contribution is 2.19. The third-order valence-electron chi connectivity index (χ3n) is 4.64. The summed E-state index contributed by atoms with van der Waals surface area (Å²) in [6.45, 7) is 0. The van der Waals surface area contributed by atoms with E-state index in [9.17, 15) is 10.1 Å². The Bertz CT molecular complexity index is 816. The third kappa shape index (κ3) is 5.61. The lowest BCUT2D eigenvalue weighted by Crippen LogP contribution is -2.37. The summed E-state index contributed by atoms with van der Waals surface area (Å²) in [4.78, 5) is 12.3. The molecule has 3 rings (SSSR count). The Morgan fingerprint density at radius 1 is 0.926 bits per heavy atom. The van der Waals surface area contributed by atoms with Gasteiger partial charge in [0.15, 0.2) is 0 Å². The highest BCUT2D eigenvalue weighted by Gasteiger charge is 2.17. The number of hydrogen-bond acceptors (Lipinski definition) is 4. The van der Waals surface area contributed by atoms with E-state index in [-0.39, 0.29) is 17.5 Å². The van der Waals surface area contributed by atoms with Crippen LogP contribution >= 0.6 is 0 Å². The van der Waals surface area contributed by atoms with Crippen molar-refractivity contribution in [2.45, 2.75) is 38.1 Å². The van der Waals surface area contributed by atoms with Crippen molar-refractivity contribution in [3.05, 3.63) is 66.4 Å². The fourth-order valence-corrected chi connectivity index (χ4v) is 3.15. The maximum Gasteiger partial charge on any atom is 0.263 e. The van der Waals surface area contributed by atoms with Crippen LogP contribution in [0.5, 0.6) is 0 Å². The molecule has 1 aliphatic rings. The van der Waals surface area contributed by atoms with Gasteiger partial charge in [0.2, 0.25) is 0 Å². The van der Waals surface area contributed by atoms with E-state index in [0.717, 1.165) is 42.7 Å². The zero-order chi connectivity index (χ0) is 18.9. The van der Waals surface area contributed by atoms with Crippen LogP contribution in [-0.4, -0.2) is 11.9 Å². The van der Waals surface area contributed by atoms with Crippen LogP contribution in [0, 0.1) is 11.3 Å². The standard InChI is InChI=1S/C22H24N4O/c23-15-17(22(27)26-20-9-5-2-6-10-20)16-24-18-11-13-21(14-12-18)25-19-7-3-1-4-8-19/h1,3-4,7-8,11-14,16,20,24-25H,2,5-6,9-10H2,(H,26,27)/b17-16-. The summed E-state index contributed by atoms with van der Waals surface area (Å²) in [5.41, 5.74) is 2.88. The van der Waals surface area contributed by atoms with Gasteiger partial charge in [-0.1, -0.05) is 37.5 Å². The lowest BCUT2D eigenvalue weighted by atomic mass is 9.95. The first kappa shape index (κ1) is 18.5. The van der Waals surface area contributed by atoms with Crippen molar-refractivity contribution in [1.29, 1.82) is 5.26 Å². The number of nitriles is 1. The van der Waals surface area contributed by atoms with E-state index in [0.29, 0.717) is 0 Å². The molecule has 0 aromatic heterocycles. The quantitative estimate of drug-likeness (QED) is 0.515. The lowest BCUT2D eigenvalue weighted by Gasteiger charge is -2.22. The number of carbonyl (C=O) groups excluding carboxylic acids is 1. The number of para-hydroxylation sites is 1. The van der Waals surface area contributed by atoms with E-state index in [2.05, 4.69) is 16.0 Å². The van der Waals surface area contributed by atoms with Gasteiger partial charge in [0.1, 0.15) is 11.6 Å². The van der Waals surface area contributed by atoms with Crippen LogP contribution in [0.25, 0.3) is 0 Å². The second kappa shape index (κ2) is 9.44. The smallest absolute Gasteiger partial charge is 0.263 e. The summed E-state index contributed by atoms with van der Waals surface area (Å²) in [7, 11) is 0. The Kier molecular flexibility index (Phi) is 6.48. The number of benzene rings is 2. The minimum absolute atomic E-state index is 0.0899. The summed E-state index contributed by atoms with van der Waals surface area (Å²) in [6.07, 6.45) is 6.96. The fourth-order valence-electron chi connectivity index (χ4n) is 3.15. The molecule has 2 aromatic carbocycles. The molecule has 1 aliphatic carbocycles. The van der Waals surface area contributed by atoms with Crippen LogP contribution in [0.15, 0.2) is 66.4 Å². The van der Waals surface area contributed by atoms with Crippen LogP contribution in [-0.2, 0) is 4.79 Å². The third-order valence-corrected chi connectivity index (χ3v) is 4.64. The Labute approximate surface area is 160 Å². The Morgan fingerprint density at radius 3 is 2.22 bits per heavy atom. The Hall–Kier alpha value is -3.26. The van der Waals surface area contributed by atoms with Crippen molar-refractivity contribution >= 4 is 23.0 Å². The highest BCUT2D eigenvalue weighted by molar-refractivity contribution is 5.97. The van der Waals surface area contributed by atoms with Crippen LogP contribution in [0.2, 0.25) is 0 Å². The van der Waals surface area contributed by atoms with Crippen LogP contribution in [0.1, 0.15) is 32.1 Å². The SMILES string of the molecule is N#C/C(=C/Nc1ccc(Nc2ccccc2)cc1)C(=O)NC1CCCCC1. The summed E-state index contributed by atoms with van der Waals surface area (Å²) in [5, 5.41) is 18.6. The molecule has 0 saturated heterocycles. The van der Waals surface area contributed by atoms with Gasteiger partial charge in [0.05, 0.1) is 0 Å². The van der Waals surface area contributed by atoms with Gasteiger partial charge in [0.25, 0.3) is 5.91 Å². The van der Waals surface area contributed by atoms with Crippen molar-refractivity contribution in [2.75, 3.05) is 10.6 Å². The van der Waals surface area contributed by atoms with Crippen molar-refractivity contribution in [2.24, 2.45) is 0 Å². The fraction of sp³-hybridized carbons (Fsp3) is 0.273. The average molecular weight is 360 g/mol. The molecule has 1 fully saturated rings. The number of anilines is 3. The molecule has 138 valence electrons. The molecule has 0 heterocycles. The molecule has 27 heavy (non-hydrogen) atoms. The minimum Gasteiger partial charge on any atom is -0.360 e. The van der Waals surface area contributed by atoms with E-state index in [4.69, 9.17) is 0 Å². The second-order valence-electron chi connectivity index (χ2n) is 6.69. The van der Waals surface area contributed by atoms with E-state index in [1.807, 2.05) is 60.7 Å². The molecule has 3 N–H and O–H groups in total. The normalized spacial score (nSPS) is 14.9. The lowest BCUT2D eigenvalue weighted by molar-refractivity contribution is -0.118. The summed E-state index contributed by atoms with van der Waals surface area (Å²) < 4.78 is 0. The zero-order valence-corrected chi connectivity index (χ0v) is 15.2. The molecule has 0 unspecified atom stereocenters. The summed E-state index contributed by atoms with van der Waals surface area (Å²) in [5.74, 6) is -0.306. The maximum absolute atomic E-state index is 12.3. The summed E-state index contributed by atoms with van der Waals surface area (Å²) in [6, 6.07) is 19.8. The largest absolute Gasteiger partial charge is 0.360 e. The van der Waals surface area contributed by atoms with E-state index < -0.39 is 0 Å². The maximum atomic E-state index is 12.3. The van der Waals surface area contributed by atoms with Crippen molar-refractivity contribution < 1.29 is 4.79 Å². The van der Waals surface area contributed by atoms with E-state index >= 15 is 0 Å². The molecule has 2 aromatic rings. The Morgan fingerprint density at radius 2 is 1.56 bits per heavy atom. The van der Waals surface area contributed by atoms with Gasteiger partial charge in [-0.15, -0.1) is 0 Å². The molecule has 0 spiro atoms. The predicted octanol–water partition coefficient (Wildman–Crippen LogP) is 4.70. The number of hydrogen-bond donors (Lipinski definition) is 3. The average Bonchev–Trinajstić information content (AvgIpc) is 2.71. The number of nitrogens with zero attached hydrogens (tertiary/aromatic N) is 1. The van der Waals surface area contributed by atoms with Gasteiger partial charge in [-0.3, -0.25) is 4.79 Å². The van der Waals surface area contributed by atoms with E-state index in [1.54, 1.807) is 0 Å². The first-order valence-corrected chi connectivity index (χ1v) is 9.34. The van der Waals surface area contributed by atoms with Crippen LogP contribution in [0.3, 0.4) is 0 Å². The summed E-state index contributed by atoms with van der Waals surface area (Å²) >= 11 is 0. The second-order valence-corrected chi connectivity index (χ2v) is 6.69. The van der Waals surface area contributed by atoms with Crippen LogP contribution < -0.4 is 16.0 Å². The molecular weight excluding hydrogens is 336 g/mol. The van der Waals surface area contributed by atoms with Gasteiger partial charge in [-0.05, 0) is 49.2 Å². The number of amides is 1. The van der Waals surface area contributed by atoms with Gasteiger partial charge < -0.3 is 16.0 Å². The molecule has 0 aliphatic heterocycles. The molecule has 0 atom stereocenters. The zero-order valence-electron chi connectivity index (χ0n) is 15.2. The first-order chi connectivity index (χ1) is 13.2. The Balaban J connectivity index is 1.56. The number of carbonyl (C=O) groups is 1. The topological polar surface area (TPSA) is 77.0 Å². The predicted molar refractivity (Wildman–Crippen MR) is 109 cm³/mol. The molecular formula is C22H24N4O. The van der Waals surface area contributed by atoms with Gasteiger partial charge in [-0.2, -0.15) is 5.26 Å². The molecule has 0 radical (unpaired) electrons. The van der Waals surface area contributed by atoms with Crippen LogP contribution in [0.4, 0.5) is 17.1 Å². The number of nitrogens with one attached hydrogen (secondary N) is 3.